The van der Waals surface area contributed by atoms with Crippen LogP contribution in [0.25, 0.3) is 0 Å². The van der Waals surface area contributed by atoms with Crippen LogP contribution in [0.1, 0.15) is 17.5 Å². The van der Waals surface area contributed by atoms with E-state index in [0.717, 1.165) is 38.4 Å². The number of aliphatic imine (C=N–C) groups is 1. The number of rotatable bonds is 3. The predicted octanol–water partition coefficient (Wildman–Crippen LogP) is 1.52. The first-order valence-electron chi connectivity index (χ1n) is 8.45. The van der Waals surface area contributed by atoms with Crippen molar-refractivity contribution in [2.75, 3.05) is 39.5 Å². The Labute approximate surface area is 167 Å². The second-order valence-electron chi connectivity index (χ2n) is 6.64. The van der Waals surface area contributed by atoms with E-state index in [9.17, 15) is 8.42 Å². The van der Waals surface area contributed by atoms with Gasteiger partial charge in [-0.3, -0.25) is 4.99 Å². The molecule has 140 valence electrons. The maximum absolute atomic E-state index is 11.6. The summed E-state index contributed by atoms with van der Waals surface area (Å²) in [6.07, 6.45) is 3.22. The molecule has 0 bridgehead atoms. The third kappa shape index (κ3) is 5.07. The lowest BCUT2D eigenvalue weighted by Gasteiger charge is -2.32. The zero-order valence-corrected chi connectivity index (χ0v) is 18.0. The minimum Gasteiger partial charge on any atom is -0.356 e. The lowest BCUT2D eigenvalue weighted by Crippen LogP contribution is -2.45. The largest absolute Gasteiger partial charge is 0.356 e. The van der Waals surface area contributed by atoms with Gasteiger partial charge in [0.05, 0.1) is 6.26 Å². The van der Waals surface area contributed by atoms with Crippen molar-refractivity contribution in [3.63, 3.8) is 0 Å². The Morgan fingerprint density at radius 1 is 1.28 bits per heavy atom. The number of hydrogen-bond donors (Lipinski definition) is 1. The Kier molecular flexibility index (Phi) is 7.10. The van der Waals surface area contributed by atoms with Gasteiger partial charge in [0.1, 0.15) is 0 Å². The molecule has 2 aliphatic heterocycles. The van der Waals surface area contributed by atoms with E-state index in [2.05, 4.69) is 39.5 Å². The number of nitrogens with zero attached hydrogens (tertiary/aromatic N) is 3. The van der Waals surface area contributed by atoms with E-state index in [0.29, 0.717) is 19.0 Å². The van der Waals surface area contributed by atoms with Crippen LogP contribution in [0.15, 0.2) is 29.3 Å². The van der Waals surface area contributed by atoms with Crippen molar-refractivity contribution in [2.45, 2.75) is 19.4 Å². The van der Waals surface area contributed by atoms with Crippen molar-refractivity contribution in [3.05, 3.63) is 35.4 Å². The quantitative estimate of drug-likeness (QED) is 0.407. The predicted molar refractivity (Wildman–Crippen MR) is 112 cm³/mol. The van der Waals surface area contributed by atoms with Crippen LogP contribution < -0.4 is 5.32 Å². The molecule has 25 heavy (non-hydrogen) atoms. The second-order valence-corrected chi connectivity index (χ2v) is 8.63. The van der Waals surface area contributed by atoms with Crippen molar-refractivity contribution in [2.24, 2.45) is 10.9 Å². The summed E-state index contributed by atoms with van der Waals surface area (Å²) in [5.41, 5.74) is 2.78. The smallest absolute Gasteiger partial charge is 0.211 e. The molecule has 1 N–H and O–H groups in total. The van der Waals surface area contributed by atoms with Gasteiger partial charge in [0.25, 0.3) is 0 Å². The molecule has 1 fully saturated rings. The molecule has 1 atom stereocenters. The molecule has 0 aromatic heterocycles. The normalized spacial score (nSPS) is 21.6. The minimum absolute atomic E-state index is 0. The molecule has 0 saturated carbocycles. The van der Waals surface area contributed by atoms with Crippen LogP contribution in [0.4, 0.5) is 0 Å². The molecule has 1 aromatic rings. The van der Waals surface area contributed by atoms with E-state index in [1.807, 2.05) is 0 Å². The number of guanidine groups is 1. The van der Waals surface area contributed by atoms with Gasteiger partial charge >= 0.3 is 0 Å². The third-order valence-corrected chi connectivity index (χ3v) is 6.18. The van der Waals surface area contributed by atoms with Gasteiger partial charge in [-0.25, -0.2) is 12.7 Å². The number of hydrogen-bond acceptors (Lipinski definition) is 3. The van der Waals surface area contributed by atoms with Crippen LogP contribution in [0.3, 0.4) is 0 Å². The van der Waals surface area contributed by atoms with Crippen molar-refractivity contribution in [1.82, 2.24) is 14.5 Å². The average molecular weight is 478 g/mol. The van der Waals surface area contributed by atoms with Crippen LogP contribution in [0.2, 0.25) is 0 Å². The van der Waals surface area contributed by atoms with Crippen LogP contribution >= 0.6 is 24.0 Å². The summed E-state index contributed by atoms with van der Waals surface area (Å²) in [4.78, 5) is 6.68. The molecule has 8 heteroatoms. The fraction of sp³-hybridized carbons (Fsp3) is 0.588. The lowest BCUT2D eigenvalue weighted by molar-refractivity contribution is 0.373. The highest BCUT2D eigenvalue weighted by atomic mass is 127. The summed E-state index contributed by atoms with van der Waals surface area (Å²) in [7, 11) is -1.26. The third-order valence-electron chi connectivity index (χ3n) is 4.91. The molecular weight excluding hydrogens is 451 g/mol. The maximum atomic E-state index is 11.6. The Bertz CT molecular complexity index is 723. The van der Waals surface area contributed by atoms with Crippen LogP contribution in [-0.2, 0) is 23.0 Å². The van der Waals surface area contributed by atoms with E-state index in [4.69, 9.17) is 0 Å². The summed E-state index contributed by atoms with van der Waals surface area (Å²) in [6.45, 7) is 3.82. The van der Waals surface area contributed by atoms with Gasteiger partial charge < -0.3 is 10.2 Å². The van der Waals surface area contributed by atoms with E-state index in [1.165, 1.54) is 17.4 Å². The van der Waals surface area contributed by atoms with Gasteiger partial charge in [-0.1, -0.05) is 24.3 Å². The van der Waals surface area contributed by atoms with Gasteiger partial charge in [0.15, 0.2) is 5.96 Å². The van der Waals surface area contributed by atoms with Crippen molar-refractivity contribution in [3.8, 4) is 0 Å². The second kappa shape index (κ2) is 8.68. The first kappa shape index (κ1) is 20.4. The van der Waals surface area contributed by atoms with Gasteiger partial charge in [0, 0.05) is 39.8 Å². The number of sulfonamides is 1. The molecule has 0 radical (unpaired) electrons. The molecule has 3 rings (SSSR count). The minimum atomic E-state index is -3.07. The first-order chi connectivity index (χ1) is 11.5. The highest BCUT2D eigenvalue weighted by molar-refractivity contribution is 14.0. The molecule has 0 amide bonds. The summed E-state index contributed by atoms with van der Waals surface area (Å²) in [5.74, 6) is 1.25. The van der Waals surface area contributed by atoms with Crippen LogP contribution in [-0.4, -0.2) is 63.1 Å². The highest BCUT2D eigenvalue weighted by Crippen LogP contribution is 2.20. The number of nitrogens with one attached hydrogen (secondary N) is 1. The molecule has 1 aromatic carbocycles. The Balaban J connectivity index is 0.00000225. The SMILES string of the molecule is CN=C(NCC1CCN(S(C)(=O)=O)C1)N1CCc2ccccc2C1.I. The summed E-state index contributed by atoms with van der Waals surface area (Å²) >= 11 is 0. The topological polar surface area (TPSA) is 65.0 Å². The average Bonchev–Trinajstić information content (AvgIpc) is 3.04. The van der Waals surface area contributed by atoms with Gasteiger partial charge in [-0.2, -0.15) is 0 Å². The highest BCUT2D eigenvalue weighted by Gasteiger charge is 2.29. The van der Waals surface area contributed by atoms with Gasteiger partial charge in [-0.15, -0.1) is 24.0 Å². The number of halogens is 1. The Morgan fingerprint density at radius 2 is 2.00 bits per heavy atom. The molecule has 2 heterocycles. The van der Waals surface area contributed by atoms with Crippen molar-refractivity contribution >= 4 is 40.0 Å². The number of benzene rings is 1. The monoisotopic (exact) mass is 478 g/mol. The van der Waals surface area contributed by atoms with E-state index >= 15 is 0 Å². The molecule has 2 aliphatic rings. The molecular formula is C17H27IN4O2S. The first-order valence-corrected chi connectivity index (χ1v) is 10.3. The van der Waals surface area contributed by atoms with Gasteiger partial charge in [-0.05, 0) is 29.9 Å². The zero-order valence-electron chi connectivity index (χ0n) is 14.8. The fourth-order valence-electron chi connectivity index (χ4n) is 3.51. The van der Waals surface area contributed by atoms with Crippen LogP contribution in [0.5, 0.6) is 0 Å². The summed E-state index contributed by atoms with van der Waals surface area (Å²) in [6, 6.07) is 8.54. The lowest BCUT2D eigenvalue weighted by atomic mass is 10.0. The Morgan fingerprint density at radius 3 is 2.64 bits per heavy atom. The van der Waals surface area contributed by atoms with Crippen molar-refractivity contribution in [1.29, 1.82) is 0 Å². The Hall–Kier alpha value is -0.870. The molecule has 1 unspecified atom stereocenters. The van der Waals surface area contributed by atoms with E-state index < -0.39 is 10.0 Å². The maximum Gasteiger partial charge on any atom is 0.211 e. The van der Waals surface area contributed by atoms with Crippen LogP contribution in [0, 0.1) is 5.92 Å². The van der Waals surface area contributed by atoms with E-state index in [1.54, 1.807) is 11.4 Å². The van der Waals surface area contributed by atoms with E-state index in [-0.39, 0.29) is 24.0 Å². The molecule has 0 aliphatic carbocycles. The molecule has 6 nitrogen and oxygen atoms in total. The zero-order chi connectivity index (χ0) is 17.2. The molecule has 1 saturated heterocycles. The fourth-order valence-corrected chi connectivity index (χ4v) is 4.43. The van der Waals surface area contributed by atoms with Crippen molar-refractivity contribution < 1.29 is 8.42 Å². The summed E-state index contributed by atoms with van der Waals surface area (Å²) < 4.78 is 24.8. The van der Waals surface area contributed by atoms with Gasteiger partial charge in [0.2, 0.25) is 10.0 Å². The molecule has 0 spiro atoms. The number of fused-ring (bicyclic) bond motifs is 1. The summed E-state index contributed by atoms with van der Waals surface area (Å²) in [5, 5.41) is 3.44. The standard InChI is InChI=1S/C17H26N4O2S.HI/c1-18-17(19-11-14-7-10-21(12-14)24(2,22)23)20-9-8-15-5-3-4-6-16(15)13-20;/h3-6,14H,7-13H2,1-2H3,(H,18,19);1H.